The van der Waals surface area contributed by atoms with E-state index in [1.54, 1.807) is 37.3 Å². The van der Waals surface area contributed by atoms with Crippen LogP contribution in [0.4, 0.5) is 10.1 Å². The predicted molar refractivity (Wildman–Crippen MR) is 157 cm³/mol. The van der Waals surface area contributed by atoms with Crippen molar-refractivity contribution in [2.24, 2.45) is 0 Å². The van der Waals surface area contributed by atoms with E-state index in [0.29, 0.717) is 22.7 Å². The number of anilines is 1. The molecule has 1 atom stereocenters. The summed E-state index contributed by atoms with van der Waals surface area (Å²) in [6, 6.07) is 18.8. The summed E-state index contributed by atoms with van der Waals surface area (Å²) in [7, 11) is -3.91. The zero-order valence-corrected chi connectivity index (χ0v) is 24.5. The predicted octanol–water partition coefficient (Wildman–Crippen LogP) is 5.11. The summed E-state index contributed by atoms with van der Waals surface area (Å²) >= 11 is 6.27. The van der Waals surface area contributed by atoms with Crippen LogP contribution in [0.15, 0.2) is 72.8 Å². The molecular formula is C30H35ClFN3O4S. The Kier molecular flexibility index (Phi) is 11.1. The molecule has 0 bridgehead atoms. The highest BCUT2D eigenvalue weighted by atomic mass is 35.5. The Bertz CT molecular complexity index is 1400. The SMILES string of the molecule is CCCCNC(=O)[C@H](Cc1ccccc1)N(Cc1ccc(F)cc1)C(=O)CN(c1cccc(Cl)c1C)S(C)(=O)=O. The molecule has 0 heterocycles. The molecule has 214 valence electrons. The number of carbonyl (C=O) groups excluding carboxylic acids is 2. The fraction of sp³-hybridized carbons (Fsp3) is 0.333. The second-order valence-electron chi connectivity index (χ2n) is 9.65. The lowest BCUT2D eigenvalue weighted by Crippen LogP contribution is -2.53. The lowest BCUT2D eigenvalue weighted by molar-refractivity contribution is -0.140. The van der Waals surface area contributed by atoms with Crippen molar-refractivity contribution in [3.05, 3.63) is 100 Å². The van der Waals surface area contributed by atoms with Gasteiger partial charge in [-0.1, -0.05) is 73.5 Å². The van der Waals surface area contributed by atoms with E-state index in [9.17, 15) is 22.4 Å². The first-order valence-corrected chi connectivity index (χ1v) is 15.3. The van der Waals surface area contributed by atoms with Crippen LogP contribution in [0.1, 0.15) is 36.5 Å². The maximum absolute atomic E-state index is 14.0. The van der Waals surface area contributed by atoms with Crippen LogP contribution in [-0.4, -0.2) is 50.5 Å². The monoisotopic (exact) mass is 587 g/mol. The van der Waals surface area contributed by atoms with Crippen LogP contribution in [0.25, 0.3) is 0 Å². The van der Waals surface area contributed by atoms with Crippen molar-refractivity contribution in [1.82, 2.24) is 10.2 Å². The molecule has 0 aliphatic heterocycles. The van der Waals surface area contributed by atoms with E-state index in [4.69, 9.17) is 11.6 Å². The molecule has 0 aromatic heterocycles. The van der Waals surface area contributed by atoms with Crippen molar-refractivity contribution >= 4 is 39.1 Å². The lowest BCUT2D eigenvalue weighted by Gasteiger charge is -2.34. The number of hydrogen-bond acceptors (Lipinski definition) is 4. The fourth-order valence-electron chi connectivity index (χ4n) is 4.31. The highest BCUT2D eigenvalue weighted by molar-refractivity contribution is 7.92. The van der Waals surface area contributed by atoms with E-state index in [1.165, 1.54) is 17.0 Å². The smallest absolute Gasteiger partial charge is 0.244 e. The van der Waals surface area contributed by atoms with Crippen LogP contribution < -0.4 is 9.62 Å². The van der Waals surface area contributed by atoms with Gasteiger partial charge in [0.2, 0.25) is 21.8 Å². The molecule has 0 aliphatic rings. The molecule has 2 amide bonds. The molecule has 7 nitrogen and oxygen atoms in total. The number of carbonyl (C=O) groups is 2. The number of nitrogens with one attached hydrogen (secondary N) is 1. The van der Waals surface area contributed by atoms with Gasteiger partial charge in [0.25, 0.3) is 0 Å². The van der Waals surface area contributed by atoms with Gasteiger partial charge < -0.3 is 10.2 Å². The summed E-state index contributed by atoms with van der Waals surface area (Å²) in [6.07, 6.45) is 2.88. The van der Waals surface area contributed by atoms with E-state index in [0.717, 1.165) is 29.0 Å². The van der Waals surface area contributed by atoms with E-state index < -0.39 is 34.3 Å². The van der Waals surface area contributed by atoms with Gasteiger partial charge in [0.05, 0.1) is 11.9 Å². The van der Waals surface area contributed by atoms with Gasteiger partial charge in [-0.05, 0) is 54.3 Å². The standard InChI is InChI=1S/C30H35ClFN3O4S/c1-4-5-18-33-30(37)28(19-23-10-7-6-8-11-23)34(20-24-14-16-25(32)17-15-24)29(36)21-35(40(3,38)39)27-13-9-12-26(31)22(27)2/h6-17,28H,4-5,18-21H2,1-3H3,(H,33,37)/t28-/m0/s1. The Balaban J connectivity index is 2.05. The van der Waals surface area contributed by atoms with Crippen molar-refractivity contribution in [2.75, 3.05) is 23.7 Å². The molecule has 0 aliphatic carbocycles. The van der Waals surface area contributed by atoms with Crippen LogP contribution >= 0.6 is 11.6 Å². The van der Waals surface area contributed by atoms with Crippen LogP contribution in [0, 0.1) is 12.7 Å². The van der Waals surface area contributed by atoms with Gasteiger partial charge in [0, 0.05) is 24.5 Å². The highest BCUT2D eigenvalue weighted by Crippen LogP contribution is 2.28. The minimum atomic E-state index is -3.91. The Morgan fingerprint density at radius 2 is 1.65 bits per heavy atom. The van der Waals surface area contributed by atoms with Crippen LogP contribution in [0.5, 0.6) is 0 Å². The summed E-state index contributed by atoms with van der Waals surface area (Å²) in [5, 5.41) is 3.28. The molecule has 0 spiro atoms. The average Bonchev–Trinajstić information content (AvgIpc) is 2.92. The van der Waals surface area contributed by atoms with E-state index in [1.807, 2.05) is 37.3 Å². The maximum Gasteiger partial charge on any atom is 0.244 e. The van der Waals surface area contributed by atoms with Gasteiger partial charge in [-0.15, -0.1) is 0 Å². The van der Waals surface area contributed by atoms with E-state index in [2.05, 4.69) is 5.32 Å². The molecule has 3 aromatic rings. The van der Waals surface area contributed by atoms with Gasteiger partial charge in [-0.25, -0.2) is 12.8 Å². The number of benzene rings is 3. The van der Waals surface area contributed by atoms with Gasteiger partial charge in [0.15, 0.2) is 0 Å². The fourth-order valence-corrected chi connectivity index (χ4v) is 5.38. The number of hydrogen-bond donors (Lipinski definition) is 1. The van der Waals surface area contributed by atoms with E-state index >= 15 is 0 Å². The number of rotatable bonds is 13. The molecule has 0 radical (unpaired) electrons. The number of unbranched alkanes of at least 4 members (excludes halogenated alkanes) is 1. The molecular weight excluding hydrogens is 553 g/mol. The molecule has 0 saturated carbocycles. The Labute approximate surface area is 241 Å². The van der Waals surface area contributed by atoms with Crippen LogP contribution in [0.3, 0.4) is 0 Å². The zero-order valence-electron chi connectivity index (χ0n) is 22.9. The topological polar surface area (TPSA) is 86.8 Å². The second-order valence-corrected chi connectivity index (χ2v) is 12.0. The number of nitrogens with zero attached hydrogens (tertiary/aromatic N) is 2. The third-order valence-corrected chi connectivity index (χ3v) is 8.09. The molecule has 3 rings (SSSR count). The molecule has 0 fully saturated rings. The number of amides is 2. The molecule has 0 saturated heterocycles. The minimum absolute atomic E-state index is 0.0239. The van der Waals surface area contributed by atoms with Crippen LogP contribution in [-0.2, 0) is 32.6 Å². The van der Waals surface area contributed by atoms with Gasteiger partial charge in [-0.3, -0.25) is 13.9 Å². The first-order valence-electron chi connectivity index (χ1n) is 13.1. The average molecular weight is 588 g/mol. The zero-order chi connectivity index (χ0) is 29.3. The largest absolute Gasteiger partial charge is 0.354 e. The molecule has 0 unspecified atom stereocenters. The van der Waals surface area contributed by atoms with Gasteiger partial charge in [0.1, 0.15) is 18.4 Å². The summed E-state index contributed by atoms with van der Waals surface area (Å²) in [4.78, 5) is 29.0. The molecule has 3 aromatic carbocycles. The normalized spacial score (nSPS) is 12.0. The first kappa shape index (κ1) is 31.1. The van der Waals surface area contributed by atoms with Crippen molar-refractivity contribution in [1.29, 1.82) is 0 Å². The Morgan fingerprint density at radius 3 is 2.27 bits per heavy atom. The highest BCUT2D eigenvalue weighted by Gasteiger charge is 2.33. The molecule has 1 N–H and O–H groups in total. The van der Waals surface area contributed by atoms with Gasteiger partial charge in [-0.2, -0.15) is 0 Å². The van der Waals surface area contributed by atoms with Crippen LogP contribution in [0.2, 0.25) is 5.02 Å². The first-order chi connectivity index (χ1) is 19.0. The summed E-state index contributed by atoms with van der Waals surface area (Å²) < 4.78 is 40.5. The summed E-state index contributed by atoms with van der Waals surface area (Å²) in [6.45, 7) is 3.56. The van der Waals surface area contributed by atoms with E-state index in [-0.39, 0.29) is 24.6 Å². The quantitative estimate of drug-likeness (QED) is 0.282. The molecule has 10 heteroatoms. The summed E-state index contributed by atoms with van der Waals surface area (Å²) in [5.41, 5.74) is 2.21. The van der Waals surface area contributed by atoms with Crippen molar-refractivity contribution in [2.45, 2.75) is 45.7 Å². The molecule has 40 heavy (non-hydrogen) atoms. The summed E-state index contributed by atoms with van der Waals surface area (Å²) in [5.74, 6) is -1.36. The maximum atomic E-state index is 14.0. The lowest BCUT2D eigenvalue weighted by atomic mass is 10.0. The van der Waals surface area contributed by atoms with Crippen molar-refractivity contribution < 1.29 is 22.4 Å². The van der Waals surface area contributed by atoms with Crippen molar-refractivity contribution in [3.8, 4) is 0 Å². The van der Waals surface area contributed by atoms with Gasteiger partial charge >= 0.3 is 0 Å². The third-order valence-electron chi connectivity index (χ3n) is 6.55. The Morgan fingerprint density at radius 1 is 0.975 bits per heavy atom. The minimum Gasteiger partial charge on any atom is -0.354 e. The number of halogens is 2. The van der Waals surface area contributed by atoms with Crippen molar-refractivity contribution in [3.63, 3.8) is 0 Å². The Hall–Kier alpha value is -3.43. The third kappa shape index (κ3) is 8.53. The second kappa shape index (κ2) is 14.3. The number of sulfonamides is 1.